The van der Waals surface area contributed by atoms with Gasteiger partial charge >= 0.3 is 0 Å². The second-order valence-electron chi connectivity index (χ2n) is 6.93. The van der Waals surface area contributed by atoms with Gasteiger partial charge in [0.05, 0.1) is 19.7 Å². The summed E-state index contributed by atoms with van der Waals surface area (Å²) in [5.74, 6) is 1.72. The smallest absolute Gasteiger partial charge is 0.235 e. The maximum absolute atomic E-state index is 10.9. The molecule has 3 heterocycles. The van der Waals surface area contributed by atoms with Crippen LogP contribution in [0.4, 0.5) is 0 Å². The number of thiazole rings is 1. The Morgan fingerprint density at radius 1 is 1.23 bits per heavy atom. The van der Waals surface area contributed by atoms with Crippen LogP contribution in [-0.2, 0) is 0 Å². The Morgan fingerprint density at radius 3 is 2.65 bits per heavy atom. The third kappa shape index (κ3) is 2.94. The summed E-state index contributed by atoms with van der Waals surface area (Å²) in [5, 5.41) is 15.2. The molecule has 3 N–H and O–H groups in total. The fourth-order valence-corrected chi connectivity index (χ4v) is 4.95. The number of aromatic nitrogens is 3. The van der Waals surface area contributed by atoms with E-state index in [1.807, 2.05) is 25.1 Å². The SMILES string of the molecule is COc1ccccc1[C@@H](c1sc2nc(C)nn2c1O)[NH+]1CC[NH+](C)CC1. The number of likely N-dealkylation sites (N-methyl/N-ethyl adjacent to an activating group) is 1. The van der Waals surface area contributed by atoms with Gasteiger partial charge in [0.1, 0.15) is 42.6 Å². The molecule has 0 unspecified atom stereocenters. The molecule has 26 heavy (non-hydrogen) atoms. The molecule has 138 valence electrons. The lowest BCUT2D eigenvalue weighted by Crippen LogP contribution is -3.27. The molecule has 2 aromatic heterocycles. The Bertz CT molecular complexity index is 914. The molecule has 0 aliphatic carbocycles. The number of aryl methyl sites for hydroxylation is 1. The predicted molar refractivity (Wildman–Crippen MR) is 99.4 cm³/mol. The summed E-state index contributed by atoms with van der Waals surface area (Å²) in [6.07, 6.45) is 0. The van der Waals surface area contributed by atoms with Gasteiger partial charge in [-0.25, -0.2) is 4.98 Å². The first kappa shape index (κ1) is 17.3. The third-order valence-electron chi connectivity index (χ3n) is 5.17. The number of benzene rings is 1. The first-order valence-electron chi connectivity index (χ1n) is 8.92. The van der Waals surface area contributed by atoms with Crippen LogP contribution in [0.3, 0.4) is 0 Å². The van der Waals surface area contributed by atoms with E-state index in [1.54, 1.807) is 16.5 Å². The summed E-state index contributed by atoms with van der Waals surface area (Å²) in [5.41, 5.74) is 1.10. The van der Waals surface area contributed by atoms with Crippen molar-refractivity contribution in [2.75, 3.05) is 40.3 Å². The summed E-state index contributed by atoms with van der Waals surface area (Å²) in [6.45, 7) is 6.15. The minimum atomic E-state index is 0.00746. The number of quaternary nitrogens is 2. The van der Waals surface area contributed by atoms with E-state index in [9.17, 15) is 5.11 Å². The minimum absolute atomic E-state index is 0.00746. The van der Waals surface area contributed by atoms with E-state index in [-0.39, 0.29) is 11.9 Å². The number of piperazine rings is 1. The van der Waals surface area contributed by atoms with Crippen molar-refractivity contribution in [1.29, 1.82) is 0 Å². The first-order valence-corrected chi connectivity index (χ1v) is 9.74. The number of nitrogens with one attached hydrogen (secondary N) is 2. The molecular formula is C18H25N5O2S+2. The van der Waals surface area contributed by atoms with E-state index in [0.29, 0.717) is 5.82 Å². The number of nitrogens with zero attached hydrogens (tertiary/aromatic N) is 3. The van der Waals surface area contributed by atoms with Gasteiger partial charge in [0, 0.05) is 0 Å². The highest BCUT2D eigenvalue weighted by molar-refractivity contribution is 7.17. The van der Waals surface area contributed by atoms with Gasteiger partial charge in [0.15, 0.2) is 6.04 Å². The number of para-hydroxylation sites is 1. The van der Waals surface area contributed by atoms with E-state index in [1.165, 1.54) is 16.2 Å². The zero-order chi connectivity index (χ0) is 18.3. The summed E-state index contributed by atoms with van der Waals surface area (Å²) < 4.78 is 7.19. The number of methoxy groups -OCH3 is 1. The van der Waals surface area contributed by atoms with Crippen LogP contribution in [0.25, 0.3) is 4.96 Å². The van der Waals surface area contributed by atoms with Crippen molar-refractivity contribution in [3.8, 4) is 11.6 Å². The Balaban J connectivity index is 1.84. The minimum Gasteiger partial charge on any atom is -0.496 e. The highest BCUT2D eigenvalue weighted by atomic mass is 32.1. The lowest BCUT2D eigenvalue weighted by molar-refractivity contribution is -1.02. The van der Waals surface area contributed by atoms with E-state index in [2.05, 4.69) is 23.2 Å². The fraction of sp³-hybridized carbons (Fsp3) is 0.444. The van der Waals surface area contributed by atoms with E-state index in [0.717, 1.165) is 47.3 Å². The first-order chi connectivity index (χ1) is 12.6. The Hall–Kier alpha value is -2.16. The molecule has 8 heteroatoms. The molecule has 1 fully saturated rings. The number of hydrogen-bond donors (Lipinski definition) is 3. The molecule has 0 spiro atoms. The fourth-order valence-electron chi connectivity index (χ4n) is 3.77. The number of hydrogen-bond acceptors (Lipinski definition) is 5. The molecule has 0 saturated carbocycles. The number of aromatic hydroxyl groups is 1. The average molecular weight is 375 g/mol. The molecule has 1 aliphatic rings. The summed E-state index contributed by atoms with van der Waals surface area (Å²) in [6, 6.07) is 8.11. The summed E-state index contributed by atoms with van der Waals surface area (Å²) in [4.78, 5) is 9.06. The van der Waals surface area contributed by atoms with Crippen molar-refractivity contribution in [3.63, 3.8) is 0 Å². The number of fused-ring (bicyclic) bond motifs is 1. The second kappa shape index (κ2) is 6.86. The van der Waals surface area contributed by atoms with Crippen molar-refractivity contribution in [3.05, 3.63) is 40.5 Å². The molecular weight excluding hydrogens is 350 g/mol. The van der Waals surface area contributed by atoms with Gasteiger partial charge in [-0.1, -0.05) is 23.5 Å². The van der Waals surface area contributed by atoms with Crippen molar-refractivity contribution in [2.45, 2.75) is 13.0 Å². The Labute approximate surface area is 156 Å². The van der Waals surface area contributed by atoms with E-state index >= 15 is 0 Å². The second-order valence-corrected chi connectivity index (χ2v) is 7.94. The van der Waals surface area contributed by atoms with Gasteiger partial charge in [-0.2, -0.15) is 4.52 Å². The molecule has 1 atom stereocenters. The molecule has 1 aliphatic heterocycles. The monoisotopic (exact) mass is 375 g/mol. The van der Waals surface area contributed by atoms with Gasteiger partial charge in [0.2, 0.25) is 10.8 Å². The molecule has 0 radical (unpaired) electrons. The Morgan fingerprint density at radius 2 is 1.96 bits per heavy atom. The molecule has 7 nitrogen and oxygen atoms in total. The quantitative estimate of drug-likeness (QED) is 0.565. The van der Waals surface area contributed by atoms with Gasteiger partial charge in [-0.3, -0.25) is 0 Å². The average Bonchev–Trinajstić information content (AvgIpc) is 3.15. The number of rotatable bonds is 4. The highest BCUT2D eigenvalue weighted by Gasteiger charge is 2.37. The van der Waals surface area contributed by atoms with Crippen molar-refractivity contribution >= 4 is 16.3 Å². The van der Waals surface area contributed by atoms with Crippen LogP contribution in [-0.4, -0.2) is 60.0 Å². The normalized spacial score (nSPS) is 21.8. The molecule has 4 rings (SSSR count). The van der Waals surface area contributed by atoms with Gasteiger partial charge in [0.25, 0.3) is 0 Å². The van der Waals surface area contributed by atoms with Crippen LogP contribution in [0.5, 0.6) is 11.6 Å². The van der Waals surface area contributed by atoms with E-state index < -0.39 is 0 Å². The molecule has 0 amide bonds. The molecule has 1 saturated heterocycles. The van der Waals surface area contributed by atoms with Crippen LogP contribution in [0.1, 0.15) is 22.3 Å². The van der Waals surface area contributed by atoms with E-state index in [4.69, 9.17) is 4.74 Å². The van der Waals surface area contributed by atoms with Crippen LogP contribution in [0.15, 0.2) is 24.3 Å². The van der Waals surface area contributed by atoms with Crippen molar-refractivity contribution in [1.82, 2.24) is 14.6 Å². The van der Waals surface area contributed by atoms with Crippen LogP contribution in [0, 0.1) is 6.92 Å². The lowest BCUT2D eigenvalue weighted by atomic mass is 10.0. The van der Waals surface area contributed by atoms with Crippen LogP contribution in [0.2, 0.25) is 0 Å². The van der Waals surface area contributed by atoms with Gasteiger partial charge < -0.3 is 19.6 Å². The maximum Gasteiger partial charge on any atom is 0.235 e. The standard InChI is InChI=1S/C18H23N5O2S/c1-12-19-18-23(20-12)17(24)16(26-18)15(22-10-8-21(2)9-11-22)13-6-4-5-7-14(13)25-3/h4-7,15,24H,8-11H2,1-3H3/p+2/t15-/m0/s1. The third-order valence-corrected chi connectivity index (χ3v) is 6.26. The topological polar surface area (TPSA) is 68.5 Å². The highest BCUT2D eigenvalue weighted by Crippen LogP contribution is 2.37. The zero-order valence-electron chi connectivity index (χ0n) is 15.3. The maximum atomic E-state index is 10.9. The predicted octanol–water partition coefficient (Wildman–Crippen LogP) is -0.684. The van der Waals surface area contributed by atoms with Crippen molar-refractivity contribution < 1.29 is 19.6 Å². The molecule has 0 bridgehead atoms. The molecule has 3 aromatic rings. The van der Waals surface area contributed by atoms with Crippen LogP contribution < -0.4 is 14.5 Å². The van der Waals surface area contributed by atoms with Gasteiger partial charge in [-0.15, -0.1) is 5.10 Å². The van der Waals surface area contributed by atoms with Crippen LogP contribution >= 0.6 is 11.3 Å². The van der Waals surface area contributed by atoms with Crippen molar-refractivity contribution in [2.24, 2.45) is 0 Å². The Kier molecular flexibility index (Phi) is 4.56. The summed E-state index contributed by atoms with van der Waals surface area (Å²) in [7, 11) is 3.93. The summed E-state index contributed by atoms with van der Waals surface area (Å²) >= 11 is 1.52. The molecule has 1 aromatic carbocycles. The zero-order valence-corrected chi connectivity index (χ0v) is 16.1. The lowest BCUT2D eigenvalue weighted by Gasteiger charge is -2.33. The number of ether oxygens (including phenoxy) is 1. The largest absolute Gasteiger partial charge is 0.496 e. The van der Waals surface area contributed by atoms with Gasteiger partial charge in [-0.05, 0) is 19.1 Å².